The zero-order valence-electron chi connectivity index (χ0n) is 15.2. The summed E-state index contributed by atoms with van der Waals surface area (Å²) in [4.78, 5) is 4.25. The Bertz CT molecular complexity index is 902. The molecule has 1 aliphatic heterocycles. The Labute approximate surface area is 157 Å². The molecule has 3 aromatic rings. The number of hydrogen-bond donors (Lipinski definition) is 0. The molecule has 1 unspecified atom stereocenters. The summed E-state index contributed by atoms with van der Waals surface area (Å²) < 4.78 is 30.7. The number of benzene rings is 2. The van der Waals surface area contributed by atoms with E-state index in [1.165, 1.54) is 6.07 Å². The van der Waals surface area contributed by atoms with Gasteiger partial charge >= 0.3 is 0 Å². The smallest absolute Gasteiger partial charge is 0.260 e. The van der Waals surface area contributed by atoms with Crippen molar-refractivity contribution in [3.63, 3.8) is 0 Å². The molecule has 2 aromatic carbocycles. The number of hydrogen-bond acceptors (Lipinski definition) is 5. The molecule has 0 radical (unpaired) electrons. The zero-order valence-corrected chi connectivity index (χ0v) is 15.2. The van der Waals surface area contributed by atoms with Crippen molar-refractivity contribution in [3.05, 3.63) is 59.7 Å². The molecule has 0 N–H and O–H groups in total. The maximum atomic E-state index is 14.6. The summed E-state index contributed by atoms with van der Waals surface area (Å²) in [6, 6.07) is 13.0. The van der Waals surface area contributed by atoms with Gasteiger partial charge in [-0.25, -0.2) is 4.39 Å². The van der Waals surface area contributed by atoms with Gasteiger partial charge in [0.05, 0.1) is 18.8 Å². The van der Waals surface area contributed by atoms with E-state index in [0.29, 0.717) is 18.3 Å². The molecular weight excluding hydrogens is 347 g/mol. The first-order chi connectivity index (χ1) is 13.2. The lowest BCUT2D eigenvalue weighted by atomic mass is 10.0. The molecule has 1 aliphatic rings. The average molecular weight is 368 g/mol. The monoisotopic (exact) mass is 368 g/mol. The molecule has 1 fully saturated rings. The summed E-state index contributed by atoms with van der Waals surface area (Å²) in [7, 11) is 0. The van der Waals surface area contributed by atoms with Gasteiger partial charge in [-0.15, -0.1) is 0 Å². The first-order valence-corrected chi connectivity index (χ1v) is 9.04. The van der Waals surface area contributed by atoms with Crippen LogP contribution >= 0.6 is 0 Å². The van der Waals surface area contributed by atoms with Crippen LogP contribution in [-0.2, 0) is 16.1 Å². The molecule has 0 spiro atoms. The maximum Gasteiger partial charge on any atom is 0.260 e. The normalized spacial score (nSPS) is 16.7. The first kappa shape index (κ1) is 17.8. The van der Waals surface area contributed by atoms with Crippen molar-refractivity contribution >= 4 is 0 Å². The highest BCUT2D eigenvalue weighted by atomic mass is 19.1. The fourth-order valence-corrected chi connectivity index (χ4v) is 3.07. The van der Waals surface area contributed by atoms with Gasteiger partial charge in [0, 0.05) is 12.5 Å². The van der Waals surface area contributed by atoms with E-state index in [0.717, 1.165) is 36.3 Å². The molecule has 0 bridgehead atoms. The van der Waals surface area contributed by atoms with Gasteiger partial charge in [-0.2, -0.15) is 4.98 Å². The first-order valence-electron chi connectivity index (χ1n) is 9.04. The van der Waals surface area contributed by atoms with Crippen molar-refractivity contribution < 1.29 is 18.4 Å². The third kappa shape index (κ3) is 4.23. The number of ether oxygens (including phenoxy) is 2. The van der Waals surface area contributed by atoms with E-state index in [9.17, 15) is 4.39 Å². The Hall–Kier alpha value is -2.57. The summed E-state index contributed by atoms with van der Waals surface area (Å²) in [5.41, 5.74) is 3.21. The van der Waals surface area contributed by atoms with Gasteiger partial charge in [0.15, 0.2) is 5.82 Å². The fourth-order valence-electron chi connectivity index (χ4n) is 3.07. The topological polar surface area (TPSA) is 57.4 Å². The lowest BCUT2D eigenvalue weighted by Gasteiger charge is -2.06. The second-order valence-corrected chi connectivity index (χ2v) is 6.82. The Morgan fingerprint density at radius 3 is 2.70 bits per heavy atom. The van der Waals surface area contributed by atoms with Crippen LogP contribution in [0, 0.1) is 18.7 Å². The number of aryl methyl sites for hydroxylation is 1. The predicted octanol–water partition coefficient (Wildman–Crippen LogP) is 4.40. The van der Waals surface area contributed by atoms with Crippen LogP contribution in [0.1, 0.15) is 17.8 Å². The van der Waals surface area contributed by atoms with Crippen molar-refractivity contribution in [2.75, 3.05) is 19.8 Å². The molecule has 140 valence electrons. The van der Waals surface area contributed by atoms with E-state index < -0.39 is 5.82 Å². The molecule has 6 heteroatoms. The van der Waals surface area contributed by atoms with Gasteiger partial charge in [-0.1, -0.05) is 41.1 Å². The highest BCUT2D eigenvalue weighted by Gasteiger charge is 2.17. The van der Waals surface area contributed by atoms with Gasteiger partial charge in [0.1, 0.15) is 12.4 Å². The quantitative estimate of drug-likeness (QED) is 0.645. The SMILES string of the molecule is Cc1ccc(-c2ccc(-c3nc(COCC4CCOC4)no3)c(F)c2)cc1. The largest absolute Gasteiger partial charge is 0.381 e. The van der Waals surface area contributed by atoms with Crippen LogP contribution in [0.2, 0.25) is 0 Å². The molecular formula is C21H21FN2O3. The molecule has 5 nitrogen and oxygen atoms in total. The minimum absolute atomic E-state index is 0.158. The van der Waals surface area contributed by atoms with E-state index in [1.807, 2.05) is 37.3 Å². The Morgan fingerprint density at radius 2 is 1.96 bits per heavy atom. The summed E-state index contributed by atoms with van der Waals surface area (Å²) in [6.07, 6.45) is 1.01. The number of nitrogens with zero attached hydrogens (tertiary/aromatic N) is 2. The van der Waals surface area contributed by atoms with Gasteiger partial charge in [-0.05, 0) is 36.6 Å². The summed E-state index contributed by atoms with van der Waals surface area (Å²) >= 11 is 0. The molecule has 2 heterocycles. The van der Waals surface area contributed by atoms with Crippen LogP contribution in [0.3, 0.4) is 0 Å². The van der Waals surface area contributed by atoms with Gasteiger partial charge in [0.25, 0.3) is 5.89 Å². The molecule has 4 rings (SSSR count). The summed E-state index contributed by atoms with van der Waals surface area (Å²) in [6.45, 7) is 4.38. The van der Waals surface area contributed by atoms with E-state index in [1.54, 1.807) is 6.07 Å². The fraction of sp³-hybridized carbons (Fsp3) is 0.333. The van der Waals surface area contributed by atoms with Crippen LogP contribution in [0.5, 0.6) is 0 Å². The molecule has 1 aromatic heterocycles. The summed E-state index contributed by atoms with van der Waals surface area (Å²) in [5, 5.41) is 3.88. The Balaban J connectivity index is 1.43. The number of aromatic nitrogens is 2. The standard InChI is InChI=1S/C21H21FN2O3/c1-14-2-4-16(5-3-14)17-6-7-18(19(22)10-17)21-23-20(24-27-21)13-26-12-15-8-9-25-11-15/h2-7,10,15H,8-9,11-13H2,1H3. The zero-order chi connectivity index (χ0) is 18.6. The lowest BCUT2D eigenvalue weighted by molar-refractivity contribution is 0.0742. The molecule has 0 amide bonds. The third-order valence-corrected chi connectivity index (χ3v) is 4.66. The van der Waals surface area contributed by atoms with E-state index in [4.69, 9.17) is 14.0 Å². The van der Waals surface area contributed by atoms with Crippen molar-refractivity contribution in [3.8, 4) is 22.6 Å². The van der Waals surface area contributed by atoms with Crippen molar-refractivity contribution in [2.24, 2.45) is 5.92 Å². The van der Waals surface area contributed by atoms with Crippen molar-refractivity contribution in [1.82, 2.24) is 10.1 Å². The van der Waals surface area contributed by atoms with Gasteiger partial charge < -0.3 is 14.0 Å². The highest BCUT2D eigenvalue weighted by Crippen LogP contribution is 2.27. The Morgan fingerprint density at radius 1 is 1.15 bits per heavy atom. The minimum atomic E-state index is -0.396. The number of halogens is 1. The van der Waals surface area contributed by atoms with E-state index in [-0.39, 0.29) is 18.1 Å². The molecule has 0 saturated carbocycles. The summed E-state index contributed by atoms with van der Waals surface area (Å²) in [5.74, 6) is 0.590. The number of rotatable bonds is 6. The molecule has 1 atom stereocenters. The van der Waals surface area contributed by atoms with Crippen LogP contribution in [0.15, 0.2) is 47.0 Å². The van der Waals surface area contributed by atoms with E-state index in [2.05, 4.69) is 10.1 Å². The molecule has 1 saturated heterocycles. The molecule has 27 heavy (non-hydrogen) atoms. The second kappa shape index (κ2) is 7.98. The average Bonchev–Trinajstić information content (AvgIpc) is 3.35. The van der Waals surface area contributed by atoms with Gasteiger partial charge in [0.2, 0.25) is 0 Å². The van der Waals surface area contributed by atoms with Gasteiger partial charge in [-0.3, -0.25) is 0 Å². The Kier molecular flexibility index (Phi) is 5.27. The highest BCUT2D eigenvalue weighted by molar-refractivity contribution is 5.68. The van der Waals surface area contributed by atoms with Crippen LogP contribution in [-0.4, -0.2) is 30.0 Å². The van der Waals surface area contributed by atoms with Crippen molar-refractivity contribution in [2.45, 2.75) is 20.0 Å². The van der Waals surface area contributed by atoms with Crippen molar-refractivity contribution in [1.29, 1.82) is 0 Å². The van der Waals surface area contributed by atoms with E-state index >= 15 is 0 Å². The lowest BCUT2D eigenvalue weighted by Crippen LogP contribution is -2.09. The van der Waals surface area contributed by atoms with Crippen LogP contribution in [0.25, 0.3) is 22.6 Å². The maximum absolute atomic E-state index is 14.6. The predicted molar refractivity (Wildman–Crippen MR) is 98.4 cm³/mol. The van der Waals surface area contributed by atoms with Crippen LogP contribution < -0.4 is 0 Å². The molecule has 0 aliphatic carbocycles. The second-order valence-electron chi connectivity index (χ2n) is 6.82. The minimum Gasteiger partial charge on any atom is -0.381 e. The van der Waals surface area contributed by atoms with Crippen LogP contribution in [0.4, 0.5) is 4.39 Å². The third-order valence-electron chi connectivity index (χ3n) is 4.66.